The van der Waals surface area contributed by atoms with Crippen molar-refractivity contribution in [3.63, 3.8) is 0 Å². The first-order chi connectivity index (χ1) is 12.7. The molecule has 136 valence electrons. The van der Waals surface area contributed by atoms with Gasteiger partial charge in [0.05, 0.1) is 17.7 Å². The minimum Gasteiger partial charge on any atom is -0.326 e. The molecule has 4 rings (SSSR count). The van der Waals surface area contributed by atoms with E-state index in [0.29, 0.717) is 6.54 Å². The van der Waals surface area contributed by atoms with Gasteiger partial charge >= 0.3 is 0 Å². The van der Waals surface area contributed by atoms with Crippen molar-refractivity contribution in [3.05, 3.63) is 102 Å². The summed E-state index contributed by atoms with van der Waals surface area (Å²) in [5.41, 5.74) is 4.43. The molecule has 0 aliphatic carbocycles. The Hall–Kier alpha value is -2.79. The Labute approximate surface area is 166 Å². The lowest BCUT2D eigenvalue weighted by molar-refractivity contribution is 0.627. The Kier molecular flexibility index (Phi) is 5.81. The second-order valence-corrected chi connectivity index (χ2v) is 6.07. The fraction of sp³-hybridized carbons (Fsp3) is 0.0455. The summed E-state index contributed by atoms with van der Waals surface area (Å²) < 4.78 is 28.7. The highest BCUT2D eigenvalue weighted by Gasteiger charge is 2.15. The Morgan fingerprint density at radius 1 is 0.704 bits per heavy atom. The van der Waals surface area contributed by atoms with Crippen LogP contribution in [0, 0.1) is 11.6 Å². The molecule has 5 heteroatoms. The van der Waals surface area contributed by atoms with Crippen LogP contribution in [0.2, 0.25) is 0 Å². The molecule has 0 spiro atoms. The molecule has 0 radical (unpaired) electrons. The molecular weight excluding hydrogens is 410 g/mol. The fourth-order valence-corrected chi connectivity index (χ4v) is 3.01. The van der Waals surface area contributed by atoms with Gasteiger partial charge in [-0.2, -0.15) is 0 Å². The van der Waals surface area contributed by atoms with E-state index in [2.05, 4.69) is 4.98 Å². The molecule has 0 amide bonds. The van der Waals surface area contributed by atoms with Crippen LogP contribution < -0.4 is 0 Å². The Bertz CT molecular complexity index is 1010. The van der Waals surface area contributed by atoms with Crippen LogP contribution in [0.5, 0.6) is 0 Å². The van der Waals surface area contributed by atoms with Crippen molar-refractivity contribution in [2.24, 2.45) is 0 Å². The Balaban J connectivity index is 0.00000210. The third kappa shape index (κ3) is 4.14. The molecule has 0 saturated carbocycles. The minimum absolute atomic E-state index is 0. The van der Waals surface area contributed by atoms with E-state index in [4.69, 9.17) is 0 Å². The van der Waals surface area contributed by atoms with E-state index in [0.717, 1.165) is 28.1 Å². The quantitative estimate of drug-likeness (QED) is 0.384. The molecular formula is C22H17BrF2N2. The average Bonchev–Trinajstić information content (AvgIpc) is 3.07. The summed E-state index contributed by atoms with van der Waals surface area (Å²) >= 11 is 0. The smallest absolute Gasteiger partial charge is 0.123 e. The van der Waals surface area contributed by atoms with Crippen LogP contribution in [-0.2, 0) is 6.54 Å². The first-order valence-electron chi connectivity index (χ1n) is 8.31. The first-order valence-corrected chi connectivity index (χ1v) is 8.31. The molecule has 0 atom stereocenters. The van der Waals surface area contributed by atoms with Crippen molar-refractivity contribution < 1.29 is 8.78 Å². The van der Waals surface area contributed by atoms with E-state index < -0.39 is 0 Å². The van der Waals surface area contributed by atoms with E-state index in [1.54, 1.807) is 30.6 Å². The van der Waals surface area contributed by atoms with Crippen molar-refractivity contribution in [1.82, 2.24) is 9.55 Å². The molecule has 0 saturated heterocycles. The van der Waals surface area contributed by atoms with Crippen molar-refractivity contribution in [1.29, 1.82) is 0 Å². The van der Waals surface area contributed by atoms with Crippen LogP contribution >= 0.6 is 17.0 Å². The van der Waals surface area contributed by atoms with Gasteiger partial charge in [-0.05, 0) is 54.1 Å². The minimum atomic E-state index is -0.291. The van der Waals surface area contributed by atoms with Crippen LogP contribution in [0.3, 0.4) is 0 Å². The number of hydrogen-bond acceptors (Lipinski definition) is 1. The molecule has 27 heavy (non-hydrogen) atoms. The summed E-state index contributed by atoms with van der Waals surface area (Å²) in [6, 6.07) is 22.6. The monoisotopic (exact) mass is 426 g/mol. The number of benzene rings is 3. The zero-order chi connectivity index (χ0) is 17.9. The number of hydrogen-bond donors (Lipinski definition) is 0. The summed E-state index contributed by atoms with van der Waals surface area (Å²) in [5, 5.41) is 0. The van der Waals surface area contributed by atoms with Gasteiger partial charge in [0, 0.05) is 17.7 Å². The van der Waals surface area contributed by atoms with Crippen molar-refractivity contribution in [3.8, 4) is 22.5 Å². The average molecular weight is 427 g/mol. The summed E-state index contributed by atoms with van der Waals surface area (Å²) in [4.78, 5) is 4.56. The van der Waals surface area contributed by atoms with Gasteiger partial charge in [-0.3, -0.25) is 0 Å². The fourth-order valence-electron chi connectivity index (χ4n) is 3.01. The lowest BCUT2D eigenvalue weighted by atomic mass is 10.0. The molecule has 2 nitrogen and oxygen atoms in total. The largest absolute Gasteiger partial charge is 0.326 e. The Morgan fingerprint density at radius 2 is 1.26 bits per heavy atom. The molecule has 4 aromatic rings. The number of imidazole rings is 1. The van der Waals surface area contributed by atoms with Crippen LogP contribution in [0.15, 0.2) is 85.2 Å². The molecule has 0 aliphatic heterocycles. The number of nitrogens with zero attached hydrogens (tertiary/aromatic N) is 2. The van der Waals surface area contributed by atoms with E-state index in [1.807, 2.05) is 34.9 Å². The molecule has 0 unspecified atom stereocenters. The first kappa shape index (κ1) is 19.0. The summed E-state index contributed by atoms with van der Waals surface area (Å²) in [5.74, 6) is -0.577. The summed E-state index contributed by atoms with van der Waals surface area (Å²) in [6.45, 7) is 0.641. The molecule has 0 fully saturated rings. The van der Waals surface area contributed by atoms with Crippen LogP contribution in [-0.4, -0.2) is 9.55 Å². The van der Waals surface area contributed by atoms with Gasteiger partial charge in [-0.1, -0.05) is 30.3 Å². The lowest BCUT2D eigenvalue weighted by Crippen LogP contribution is -2.01. The van der Waals surface area contributed by atoms with Gasteiger partial charge in [-0.25, -0.2) is 13.8 Å². The van der Waals surface area contributed by atoms with E-state index >= 15 is 0 Å². The molecule has 3 aromatic carbocycles. The van der Waals surface area contributed by atoms with E-state index in [-0.39, 0.29) is 28.6 Å². The van der Waals surface area contributed by atoms with Crippen molar-refractivity contribution >= 4 is 17.0 Å². The predicted molar refractivity (Wildman–Crippen MR) is 109 cm³/mol. The van der Waals surface area contributed by atoms with Gasteiger partial charge in [0.1, 0.15) is 11.6 Å². The molecule has 0 bridgehead atoms. The second kappa shape index (κ2) is 8.27. The molecule has 0 N–H and O–H groups in total. The number of halogens is 3. The van der Waals surface area contributed by atoms with Gasteiger partial charge in [0.25, 0.3) is 0 Å². The van der Waals surface area contributed by atoms with Gasteiger partial charge in [0.15, 0.2) is 0 Å². The van der Waals surface area contributed by atoms with E-state index in [9.17, 15) is 8.78 Å². The van der Waals surface area contributed by atoms with Gasteiger partial charge < -0.3 is 4.57 Å². The van der Waals surface area contributed by atoms with Crippen LogP contribution in [0.1, 0.15) is 5.56 Å². The highest BCUT2D eigenvalue weighted by molar-refractivity contribution is 8.93. The zero-order valence-electron chi connectivity index (χ0n) is 14.3. The van der Waals surface area contributed by atoms with Crippen molar-refractivity contribution in [2.45, 2.75) is 6.54 Å². The maximum absolute atomic E-state index is 13.4. The Morgan fingerprint density at radius 3 is 1.85 bits per heavy atom. The predicted octanol–water partition coefficient (Wildman–Crippen LogP) is 6.12. The third-order valence-corrected chi connectivity index (χ3v) is 4.27. The standard InChI is InChI=1S/C22H16F2N2.BrH/c23-19-10-6-17(7-11-19)21-22(18-8-12-20(24)13-9-18)26(15-25-21)14-16-4-2-1-3-5-16;/h1-13,15H,14H2;1H. The topological polar surface area (TPSA) is 17.8 Å². The number of aromatic nitrogens is 2. The molecule has 1 heterocycles. The van der Waals surface area contributed by atoms with E-state index in [1.165, 1.54) is 24.3 Å². The second-order valence-electron chi connectivity index (χ2n) is 6.07. The van der Waals surface area contributed by atoms with Crippen molar-refractivity contribution in [2.75, 3.05) is 0 Å². The van der Waals surface area contributed by atoms with Gasteiger partial charge in [0.2, 0.25) is 0 Å². The normalized spacial score (nSPS) is 10.4. The lowest BCUT2D eigenvalue weighted by Gasteiger charge is -2.11. The zero-order valence-corrected chi connectivity index (χ0v) is 16.1. The highest BCUT2D eigenvalue weighted by atomic mass is 79.9. The maximum Gasteiger partial charge on any atom is 0.123 e. The van der Waals surface area contributed by atoms with Crippen LogP contribution in [0.25, 0.3) is 22.5 Å². The summed E-state index contributed by atoms with van der Waals surface area (Å²) in [7, 11) is 0. The summed E-state index contributed by atoms with van der Waals surface area (Å²) in [6.07, 6.45) is 1.77. The molecule has 1 aromatic heterocycles. The number of rotatable bonds is 4. The SMILES string of the molecule is Br.Fc1ccc(-c2ncn(Cc3ccccc3)c2-c2ccc(F)cc2)cc1. The third-order valence-electron chi connectivity index (χ3n) is 4.27. The van der Waals surface area contributed by atoms with Gasteiger partial charge in [-0.15, -0.1) is 17.0 Å². The highest BCUT2D eigenvalue weighted by Crippen LogP contribution is 2.32. The molecule has 0 aliphatic rings. The van der Waals surface area contributed by atoms with Crippen LogP contribution in [0.4, 0.5) is 8.78 Å². The maximum atomic E-state index is 13.4.